The zero-order chi connectivity index (χ0) is 32.8. The summed E-state index contributed by atoms with van der Waals surface area (Å²) in [5.41, 5.74) is 0.580. The van der Waals surface area contributed by atoms with E-state index in [1.54, 1.807) is 48.5 Å². The SMILES string of the molecule is CNC(=O)C(Cc1ccccc1)N(Cc1ccccc1C)C(=O)CN(c1cc(C(F)(F)F)ccc1Cl)S(=O)(=O)c1ccccc1. The fraction of sp³-hybridized carbons (Fsp3) is 0.212. The number of alkyl halides is 3. The summed E-state index contributed by atoms with van der Waals surface area (Å²) in [6.07, 6.45) is -4.73. The molecule has 1 unspecified atom stereocenters. The van der Waals surface area contributed by atoms with Crippen molar-refractivity contribution in [2.45, 2.75) is 37.0 Å². The predicted octanol–water partition coefficient (Wildman–Crippen LogP) is 6.25. The van der Waals surface area contributed by atoms with Gasteiger partial charge in [0.05, 0.1) is 21.2 Å². The van der Waals surface area contributed by atoms with Crippen LogP contribution in [0.5, 0.6) is 0 Å². The molecule has 0 aliphatic heterocycles. The number of hydrogen-bond donors (Lipinski definition) is 1. The first-order valence-corrected chi connectivity index (χ1v) is 15.7. The third-order valence-corrected chi connectivity index (χ3v) is 9.37. The van der Waals surface area contributed by atoms with Crippen molar-refractivity contribution < 1.29 is 31.2 Å². The van der Waals surface area contributed by atoms with Gasteiger partial charge in [-0.1, -0.05) is 84.4 Å². The molecule has 0 spiro atoms. The van der Waals surface area contributed by atoms with Crippen molar-refractivity contribution in [2.24, 2.45) is 0 Å². The predicted molar refractivity (Wildman–Crippen MR) is 167 cm³/mol. The highest BCUT2D eigenvalue weighted by molar-refractivity contribution is 7.92. The van der Waals surface area contributed by atoms with Crippen molar-refractivity contribution in [3.05, 3.63) is 130 Å². The van der Waals surface area contributed by atoms with Crippen LogP contribution in [0, 0.1) is 6.92 Å². The number of sulfonamides is 1. The summed E-state index contributed by atoms with van der Waals surface area (Å²) in [5.74, 6) is -1.33. The Morgan fingerprint density at radius 3 is 2.09 bits per heavy atom. The molecule has 0 radical (unpaired) electrons. The van der Waals surface area contributed by atoms with Crippen LogP contribution in [-0.4, -0.2) is 44.8 Å². The lowest BCUT2D eigenvalue weighted by atomic mass is 10.0. The van der Waals surface area contributed by atoms with Gasteiger partial charge < -0.3 is 10.2 Å². The van der Waals surface area contributed by atoms with E-state index in [1.807, 2.05) is 19.1 Å². The summed E-state index contributed by atoms with van der Waals surface area (Å²) >= 11 is 6.33. The number of nitrogens with one attached hydrogen (secondary N) is 1. The van der Waals surface area contributed by atoms with Crippen LogP contribution in [0.2, 0.25) is 5.02 Å². The Kier molecular flexibility index (Phi) is 10.6. The molecular formula is C33H31ClF3N3O4S. The molecule has 4 aromatic rings. The summed E-state index contributed by atoms with van der Waals surface area (Å²) < 4.78 is 69.9. The van der Waals surface area contributed by atoms with Gasteiger partial charge in [0.15, 0.2) is 0 Å². The molecule has 1 N–H and O–H groups in total. The van der Waals surface area contributed by atoms with E-state index in [9.17, 15) is 31.2 Å². The molecule has 0 saturated heterocycles. The summed E-state index contributed by atoms with van der Waals surface area (Å²) in [5, 5.41) is 2.27. The Bertz CT molecular complexity index is 1750. The lowest BCUT2D eigenvalue weighted by molar-refractivity contribution is -0.139. The maximum absolute atomic E-state index is 14.3. The maximum atomic E-state index is 14.3. The summed E-state index contributed by atoms with van der Waals surface area (Å²) in [6, 6.07) is 24.3. The molecule has 0 aliphatic carbocycles. The van der Waals surface area contributed by atoms with E-state index in [4.69, 9.17) is 11.6 Å². The van der Waals surface area contributed by atoms with Crippen molar-refractivity contribution in [1.82, 2.24) is 10.2 Å². The highest BCUT2D eigenvalue weighted by Gasteiger charge is 2.37. The summed E-state index contributed by atoms with van der Waals surface area (Å²) in [7, 11) is -3.20. The van der Waals surface area contributed by atoms with E-state index in [0.717, 1.165) is 23.3 Å². The molecule has 0 aliphatic rings. The number of aryl methyl sites for hydroxylation is 1. The zero-order valence-electron chi connectivity index (χ0n) is 24.5. The number of amides is 2. The van der Waals surface area contributed by atoms with Crippen molar-refractivity contribution in [2.75, 3.05) is 17.9 Å². The van der Waals surface area contributed by atoms with Gasteiger partial charge >= 0.3 is 6.18 Å². The highest BCUT2D eigenvalue weighted by atomic mass is 35.5. The largest absolute Gasteiger partial charge is 0.416 e. The second kappa shape index (κ2) is 14.2. The first-order chi connectivity index (χ1) is 21.3. The van der Waals surface area contributed by atoms with Gasteiger partial charge in [-0.25, -0.2) is 8.42 Å². The van der Waals surface area contributed by atoms with Crippen molar-refractivity contribution >= 4 is 39.1 Å². The van der Waals surface area contributed by atoms with E-state index in [0.29, 0.717) is 15.9 Å². The average molecular weight is 658 g/mol. The molecule has 2 amide bonds. The Balaban J connectivity index is 1.86. The molecule has 0 saturated carbocycles. The quantitative estimate of drug-likeness (QED) is 0.207. The minimum atomic E-state index is -4.82. The molecule has 4 aromatic carbocycles. The molecule has 0 aromatic heterocycles. The lowest BCUT2D eigenvalue weighted by Gasteiger charge is -2.34. The second-order valence-corrected chi connectivity index (χ2v) is 12.5. The van der Waals surface area contributed by atoms with Crippen molar-refractivity contribution in [3.8, 4) is 0 Å². The van der Waals surface area contributed by atoms with Gasteiger partial charge in [0.25, 0.3) is 10.0 Å². The Labute approximate surface area is 265 Å². The van der Waals surface area contributed by atoms with Gasteiger partial charge in [0.2, 0.25) is 11.8 Å². The zero-order valence-corrected chi connectivity index (χ0v) is 26.0. The Morgan fingerprint density at radius 2 is 1.49 bits per heavy atom. The molecule has 45 heavy (non-hydrogen) atoms. The number of rotatable bonds is 11. The van der Waals surface area contributed by atoms with E-state index in [-0.39, 0.29) is 22.9 Å². The van der Waals surface area contributed by atoms with Crippen LogP contribution in [0.1, 0.15) is 22.3 Å². The van der Waals surface area contributed by atoms with Gasteiger partial charge in [-0.2, -0.15) is 13.2 Å². The molecular weight excluding hydrogens is 627 g/mol. The molecule has 236 valence electrons. The van der Waals surface area contributed by atoms with Crippen LogP contribution in [-0.2, 0) is 38.8 Å². The number of hydrogen-bond acceptors (Lipinski definition) is 4. The minimum Gasteiger partial charge on any atom is -0.357 e. The van der Waals surface area contributed by atoms with E-state index >= 15 is 0 Å². The molecule has 12 heteroatoms. The lowest BCUT2D eigenvalue weighted by Crippen LogP contribution is -2.53. The number of nitrogens with zero attached hydrogens (tertiary/aromatic N) is 2. The normalized spacial score (nSPS) is 12.3. The van der Waals surface area contributed by atoms with Crippen LogP contribution in [0.25, 0.3) is 0 Å². The Hall–Kier alpha value is -4.35. The van der Waals surface area contributed by atoms with Crippen LogP contribution >= 0.6 is 11.6 Å². The molecule has 0 bridgehead atoms. The second-order valence-electron chi connectivity index (χ2n) is 10.3. The molecule has 7 nitrogen and oxygen atoms in total. The molecule has 0 fully saturated rings. The summed E-state index contributed by atoms with van der Waals surface area (Å²) in [6.45, 7) is 0.817. The van der Waals surface area contributed by atoms with Crippen LogP contribution < -0.4 is 9.62 Å². The van der Waals surface area contributed by atoms with E-state index in [1.165, 1.54) is 36.2 Å². The number of carbonyl (C=O) groups excluding carboxylic acids is 2. The molecule has 4 rings (SSSR count). The third kappa shape index (κ3) is 8.03. The smallest absolute Gasteiger partial charge is 0.357 e. The average Bonchev–Trinajstić information content (AvgIpc) is 3.02. The molecule has 1 atom stereocenters. The first kappa shape index (κ1) is 33.5. The number of anilines is 1. The number of carbonyl (C=O) groups is 2. The Morgan fingerprint density at radius 1 is 0.889 bits per heavy atom. The van der Waals surface area contributed by atoms with Gasteiger partial charge in [-0.15, -0.1) is 0 Å². The van der Waals surface area contributed by atoms with Crippen molar-refractivity contribution in [1.29, 1.82) is 0 Å². The van der Waals surface area contributed by atoms with Gasteiger partial charge in [0.1, 0.15) is 12.6 Å². The van der Waals surface area contributed by atoms with Crippen molar-refractivity contribution in [3.63, 3.8) is 0 Å². The number of benzene rings is 4. The van der Waals surface area contributed by atoms with Crippen LogP contribution in [0.4, 0.5) is 18.9 Å². The monoisotopic (exact) mass is 657 g/mol. The highest BCUT2D eigenvalue weighted by Crippen LogP contribution is 2.37. The minimum absolute atomic E-state index is 0.0774. The third-order valence-electron chi connectivity index (χ3n) is 7.27. The van der Waals surface area contributed by atoms with Gasteiger partial charge in [0, 0.05) is 20.0 Å². The first-order valence-electron chi connectivity index (χ1n) is 13.9. The fourth-order valence-corrected chi connectivity index (χ4v) is 6.52. The maximum Gasteiger partial charge on any atom is 0.416 e. The van der Waals surface area contributed by atoms with Crippen LogP contribution in [0.3, 0.4) is 0 Å². The van der Waals surface area contributed by atoms with E-state index in [2.05, 4.69) is 5.32 Å². The van der Waals surface area contributed by atoms with Gasteiger partial charge in [-0.05, 0) is 53.9 Å². The number of likely N-dealkylation sites (N-methyl/N-ethyl adjacent to an activating group) is 1. The fourth-order valence-electron chi connectivity index (χ4n) is 4.80. The summed E-state index contributed by atoms with van der Waals surface area (Å²) in [4.78, 5) is 28.7. The standard InChI is InChI=1S/C33H31ClF3N3O4S/c1-23-11-9-10-14-25(23)21-39(30(32(42)38-2)19-24-12-5-3-6-13-24)31(41)22-40(45(43,44)27-15-7-4-8-16-27)29-20-26(33(35,36)37)17-18-28(29)34/h3-18,20,30H,19,21-22H2,1-2H3,(H,38,42). The van der Waals surface area contributed by atoms with Gasteiger partial charge in [-0.3, -0.25) is 13.9 Å². The molecule has 0 heterocycles. The van der Waals surface area contributed by atoms with E-state index < -0.39 is 51.9 Å². The number of halogens is 4. The topological polar surface area (TPSA) is 86.8 Å². The van der Waals surface area contributed by atoms with Crippen LogP contribution in [0.15, 0.2) is 108 Å².